The van der Waals surface area contributed by atoms with Gasteiger partial charge in [0.15, 0.2) is 0 Å². The SMILES string of the molecule is C=C1CCC(=O)N1OC(=O)CCOCCOCCOCCN(Cc1ccc(S(=O)(=O)O)cc1S(=O)(=O)O)C(=O)c1ccccc1C1=c2cc/c(=C\C)cc2[Si](C)(C)c2cc(CC)ccc21. The Morgan fingerprint density at radius 1 is 0.815 bits per heavy atom. The molecule has 2 N–H and O–H groups in total. The normalized spacial score (nSPS) is 15.0. The quantitative estimate of drug-likeness (QED) is 0.0740. The van der Waals surface area contributed by atoms with Crippen molar-refractivity contribution in [3.63, 3.8) is 0 Å². The number of carbonyl (C=O) groups excluding carboxylic acids is 3. The van der Waals surface area contributed by atoms with Crippen LogP contribution in [0.1, 0.15) is 65.7 Å². The monoisotopic (exact) mass is 946 g/mol. The molecule has 0 atom stereocenters. The molecule has 1 saturated heterocycles. The summed E-state index contributed by atoms with van der Waals surface area (Å²) in [6.45, 7) is 12.7. The number of hydrogen-bond donors (Lipinski definition) is 2. The third-order valence-corrected chi connectivity index (χ3v) is 16.8. The Hall–Kier alpha value is -5.31. The lowest BCUT2D eigenvalue weighted by Crippen LogP contribution is -2.63. The molecule has 0 bridgehead atoms. The summed E-state index contributed by atoms with van der Waals surface area (Å²) in [4.78, 5) is 43.8. The zero-order chi connectivity index (χ0) is 47.1. The van der Waals surface area contributed by atoms with Gasteiger partial charge in [0.1, 0.15) is 13.0 Å². The van der Waals surface area contributed by atoms with Gasteiger partial charge in [0.2, 0.25) is 0 Å². The highest BCUT2D eigenvalue weighted by Gasteiger charge is 2.36. The number of ether oxygens (including phenoxy) is 3. The number of fused-ring (bicyclic) bond motifs is 2. The molecule has 18 heteroatoms. The highest BCUT2D eigenvalue weighted by atomic mass is 32.2. The molecule has 2 amide bonds. The molecular formula is C47H54N2O13S2Si. The highest BCUT2D eigenvalue weighted by molar-refractivity contribution is 7.86. The molecule has 1 fully saturated rings. The molecule has 2 aliphatic heterocycles. The fraction of sp³-hybridized carbons (Fsp3) is 0.340. The van der Waals surface area contributed by atoms with Crippen LogP contribution in [0.5, 0.6) is 0 Å². The molecule has 0 spiro atoms. The average Bonchev–Trinajstić information content (AvgIpc) is 3.59. The van der Waals surface area contributed by atoms with Crippen LogP contribution >= 0.6 is 0 Å². The predicted molar refractivity (Wildman–Crippen MR) is 246 cm³/mol. The second-order valence-electron chi connectivity index (χ2n) is 16.1. The zero-order valence-corrected chi connectivity index (χ0v) is 39.5. The first-order valence-corrected chi connectivity index (χ1v) is 27.1. The van der Waals surface area contributed by atoms with Gasteiger partial charge in [0.05, 0.1) is 56.7 Å². The molecule has 6 rings (SSSR count). The smallest absolute Gasteiger partial charge is 0.335 e. The van der Waals surface area contributed by atoms with Gasteiger partial charge in [-0.3, -0.25) is 18.7 Å². The summed E-state index contributed by atoms with van der Waals surface area (Å²) >= 11 is 0. The Labute approximate surface area is 380 Å². The van der Waals surface area contributed by atoms with Gasteiger partial charge in [-0.05, 0) is 86.6 Å². The minimum absolute atomic E-state index is 0.0236. The lowest BCUT2D eigenvalue weighted by Gasteiger charge is -2.34. The van der Waals surface area contributed by atoms with E-state index in [9.17, 15) is 35.5 Å². The summed E-state index contributed by atoms with van der Waals surface area (Å²) in [5.74, 6) is -1.43. The molecule has 65 heavy (non-hydrogen) atoms. The number of carbonyl (C=O) groups is 3. The number of amides is 2. The first kappa shape index (κ1) is 49.1. The Morgan fingerprint density at radius 3 is 2.15 bits per heavy atom. The van der Waals surface area contributed by atoms with Gasteiger partial charge in [-0.15, -0.1) is 5.06 Å². The number of hydroxylamine groups is 2. The van der Waals surface area contributed by atoms with Crippen LogP contribution in [0.3, 0.4) is 0 Å². The Kier molecular flexibility index (Phi) is 15.8. The minimum Gasteiger partial charge on any atom is -0.378 e. The maximum atomic E-state index is 15.0. The summed E-state index contributed by atoms with van der Waals surface area (Å²) in [6, 6.07) is 22.9. The Morgan fingerprint density at radius 2 is 1.51 bits per heavy atom. The zero-order valence-electron chi connectivity index (χ0n) is 36.9. The van der Waals surface area contributed by atoms with E-state index < -0.39 is 50.0 Å². The number of rotatable bonds is 20. The lowest BCUT2D eigenvalue weighted by atomic mass is 9.90. The average molecular weight is 947 g/mol. The maximum absolute atomic E-state index is 15.0. The Balaban J connectivity index is 1.22. The van der Waals surface area contributed by atoms with E-state index in [1.165, 1.54) is 20.8 Å². The van der Waals surface area contributed by atoms with E-state index in [1.807, 2.05) is 19.1 Å². The molecule has 15 nitrogen and oxygen atoms in total. The molecule has 0 aromatic heterocycles. The molecule has 0 saturated carbocycles. The van der Waals surface area contributed by atoms with Gasteiger partial charge in [-0.2, -0.15) is 16.8 Å². The standard InChI is InChI=1S/C47H54N2O13S2Si/c1-6-33-13-17-39-42(28-33)65(4,5)43-29-34(7-2)14-18-40(43)46(39)37-10-8-9-11-38(37)47(52)48(31-35-15-16-36(63(53,54)55)30-41(35)64(56,57)58)21-23-60-25-27-61-26-24-59-22-20-45(51)62-49-32(3)12-19-44(49)50/h6,8-11,13-18,28-30H,3,7,12,19-27,31H2,1-2,4-5H3,(H,53,54,55)(H,56,57,58)/b33-6+. The fourth-order valence-electron chi connectivity index (χ4n) is 7.95. The molecule has 0 radical (unpaired) electrons. The number of nitrogens with zero attached hydrogens (tertiary/aromatic N) is 2. The highest BCUT2D eigenvalue weighted by Crippen LogP contribution is 2.30. The van der Waals surface area contributed by atoms with Gasteiger partial charge in [-0.25, -0.2) is 4.79 Å². The molecule has 4 aromatic carbocycles. The van der Waals surface area contributed by atoms with Gasteiger partial charge in [-0.1, -0.05) is 93.3 Å². The first-order chi connectivity index (χ1) is 30.8. The largest absolute Gasteiger partial charge is 0.378 e. The van der Waals surface area contributed by atoms with Crippen molar-refractivity contribution in [3.8, 4) is 0 Å². The molecule has 0 unspecified atom stereocenters. The van der Waals surface area contributed by atoms with Crippen molar-refractivity contribution < 1.29 is 59.4 Å². The second kappa shape index (κ2) is 20.9. The molecular weight excluding hydrogens is 893 g/mol. The third kappa shape index (κ3) is 11.6. The van der Waals surface area contributed by atoms with E-state index >= 15 is 4.79 Å². The predicted octanol–water partition coefficient (Wildman–Crippen LogP) is 3.60. The van der Waals surface area contributed by atoms with E-state index in [2.05, 4.69) is 69.1 Å². The lowest BCUT2D eigenvalue weighted by molar-refractivity contribution is -0.187. The molecule has 2 heterocycles. The van der Waals surface area contributed by atoms with E-state index in [0.717, 1.165) is 45.2 Å². The number of benzene rings is 4. The summed E-state index contributed by atoms with van der Waals surface area (Å²) < 4.78 is 86.0. The topological polar surface area (TPSA) is 203 Å². The summed E-state index contributed by atoms with van der Waals surface area (Å²) in [7, 11) is -12.1. The van der Waals surface area contributed by atoms with Crippen LogP contribution < -0.4 is 20.8 Å². The van der Waals surface area contributed by atoms with Crippen LogP contribution in [0, 0.1) is 0 Å². The van der Waals surface area contributed by atoms with E-state index in [0.29, 0.717) is 29.3 Å². The summed E-state index contributed by atoms with van der Waals surface area (Å²) in [5, 5.41) is 5.49. The summed E-state index contributed by atoms with van der Waals surface area (Å²) in [6.07, 6.45) is 3.52. The minimum atomic E-state index is -5.04. The van der Waals surface area contributed by atoms with Crippen molar-refractivity contribution in [2.45, 2.75) is 69.0 Å². The van der Waals surface area contributed by atoms with Crippen molar-refractivity contribution in [2.24, 2.45) is 0 Å². The van der Waals surface area contributed by atoms with Crippen molar-refractivity contribution in [2.75, 3.05) is 46.2 Å². The third-order valence-electron chi connectivity index (χ3n) is 11.5. The van der Waals surface area contributed by atoms with Gasteiger partial charge in [0, 0.05) is 25.1 Å². The second-order valence-corrected chi connectivity index (χ2v) is 23.3. The Bertz CT molecular complexity index is 2830. The van der Waals surface area contributed by atoms with Gasteiger partial charge < -0.3 is 23.9 Å². The summed E-state index contributed by atoms with van der Waals surface area (Å²) in [5.41, 5.74) is 4.42. The van der Waals surface area contributed by atoms with Gasteiger partial charge in [0.25, 0.3) is 32.1 Å². The van der Waals surface area contributed by atoms with Crippen molar-refractivity contribution >= 4 is 68.1 Å². The van der Waals surface area contributed by atoms with Crippen LogP contribution in [0.4, 0.5) is 0 Å². The van der Waals surface area contributed by atoms with Crippen LogP contribution in [0.2, 0.25) is 13.1 Å². The van der Waals surface area contributed by atoms with Crippen LogP contribution in [-0.2, 0) is 61.8 Å². The molecule has 0 aliphatic carbocycles. The van der Waals surface area contributed by atoms with E-state index in [1.54, 1.807) is 12.1 Å². The van der Waals surface area contributed by atoms with E-state index in [4.69, 9.17) is 19.0 Å². The first-order valence-electron chi connectivity index (χ1n) is 21.2. The fourth-order valence-corrected chi connectivity index (χ4v) is 12.4. The van der Waals surface area contributed by atoms with Crippen molar-refractivity contribution in [1.29, 1.82) is 0 Å². The van der Waals surface area contributed by atoms with Crippen LogP contribution in [0.15, 0.2) is 101 Å². The van der Waals surface area contributed by atoms with Crippen molar-refractivity contribution in [3.05, 3.63) is 129 Å². The van der Waals surface area contributed by atoms with Crippen LogP contribution in [-0.4, -0.2) is 108 Å². The molecule has 346 valence electrons. The maximum Gasteiger partial charge on any atom is 0.335 e. The molecule has 4 aromatic rings. The van der Waals surface area contributed by atoms with Gasteiger partial charge >= 0.3 is 5.97 Å². The van der Waals surface area contributed by atoms with E-state index in [-0.39, 0.29) is 77.0 Å². The molecule has 2 aliphatic rings. The number of allylic oxidation sites excluding steroid dienone is 1. The van der Waals surface area contributed by atoms with Crippen LogP contribution in [0.25, 0.3) is 11.6 Å². The number of aryl methyl sites for hydroxylation is 1. The van der Waals surface area contributed by atoms with Crippen molar-refractivity contribution in [1.82, 2.24) is 9.96 Å². The number of hydrogen-bond acceptors (Lipinski definition) is 11.